The van der Waals surface area contributed by atoms with Gasteiger partial charge in [0, 0.05) is 47.0 Å². The summed E-state index contributed by atoms with van der Waals surface area (Å²) < 4.78 is 2.62. The Morgan fingerprint density at radius 3 is 2.13 bits per heavy atom. The summed E-state index contributed by atoms with van der Waals surface area (Å²) in [6, 6.07) is 27.1. The lowest BCUT2D eigenvalue weighted by Crippen LogP contribution is -3.00. The second-order valence-electron chi connectivity index (χ2n) is 12.3. The molecule has 2 nitrogen and oxygen atoms in total. The smallest absolute Gasteiger partial charge is 0.210 e. The third-order valence-electron chi connectivity index (χ3n) is 9.54. The maximum Gasteiger partial charge on any atom is 0.210 e. The van der Waals surface area contributed by atoms with E-state index in [9.17, 15) is 0 Å². The average Bonchev–Trinajstić information content (AvgIpc) is 3.62. The molecule has 4 aliphatic heterocycles. The molecule has 0 amide bonds. The Hall–Kier alpha value is -3.17. The van der Waals surface area contributed by atoms with Crippen LogP contribution >= 0.6 is 0 Å². The quantitative estimate of drug-likeness (QED) is 0.291. The van der Waals surface area contributed by atoms with Crippen molar-refractivity contribution >= 4 is 38.6 Å². The molecule has 3 heteroatoms. The SMILES string of the molecule is CC1(C)C2=C(C=C3CC[N+]4=C3C(C)(C)c3c4ccc4ccccc34)CCN2c2ccc3ccccc3c21.[Br-]. The normalized spacial score (nSPS) is 21.3. The van der Waals surface area contributed by atoms with Crippen LogP contribution in [0.5, 0.6) is 0 Å². The molecule has 0 saturated heterocycles. The monoisotopic (exact) mass is 560 g/mol. The minimum Gasteiger partial charge on any atom is -1.00 e. The first-order valence-electron chi connectivity index (χ1n) is 13.8. The Kier molecular flexibility index (Phi) is 4.99. The second kappa shape index (κ2) is 7.93. The lowest BCUT2D eigenvalue weighted by Gasteiger charge is -2.24. The molecule has 4 heterocycles. The first-order valence-corrected chi connectivity index (χ1v) is 13.8. The van der Waals surface area contributed by atoms with E-state index in [0.717, 1.165) is 25.9 Å². The zero-order valence-electron chi connectivity index (χ0n) is 22.6. The highest BCUT2D eigenvalue weighted by Crippen LogP contribution is 2.55. The maximum absolute atomic E-state index is 2.62. The van der Waals surface area contributed by atoms with Crippen molar-refractivity contribution in [2.24, 2.45) is 0 Å². The molecule has 4 aliphatic rings. The minimum absolute atomic E-state index is 0. The Bertz CT molecular complexity index is 1780. The summed E-state index contributed by atoms with van der Waals surface area (Å²) in [5, 5.41) is 5.49. The van der Waals surface area contributed by atoms with Gasteiger partial charge < -0.3 is 21.9 Å². The molecule has 0 fully saturated rings. The molecule has 0 aromatic heterocycles. The molecule has 0 radical (unpaired) electrons. The molecule has 0 unspecified atom stereocenters. The minimum atomic E-state index is -0.00753. The summed E-state index contributed by atoms with van der Waals surface area (Å²) in [6.07, 6.45) is 4.84. The van der Waals surface area contributed by atoms with E-state index in [0.29, 0.717) is 0 Å². The topological polar surface area (TPSA) is 6.25 Å². The van der Waals surface area contributed by atoms with Crippen molar-refractivity contribution in [3.05, 3.63) is 107 Å². The van der Waals surface area contributed by atoms with Gasteiger partial charge in [0.2, 0.25) is 5.69 Å². The summed E-state index contributed by atoms with van der Waals surface area (Å²) in [6.45, 7) is 11.9. The third-order valence-corrected chi connectivity index (χ3v) is 9.54. The van der Waals surface area contributed by atoms with E-state index in [1.54, 1.807) is 0 Å². The number of hydrogen-bond acceptors (Lipinski definition) is 1. The Morgan fingerprint density at radius 1 is 0.737 bits per heavy atom. The Labute approximate surface area is 235 Å². The van der Waals surface area contributed by atoms with E-state index >= 15 is 0 Å². The first-order chi connectivity index (χ1) is 17.9. The third kappa shape index (κ3) is 2.91. The number of allylic oxidation sites excluding steroid dienone is 2. The van der Waals surface area contributed by atoms with Crippen LogP contribution in [0.1, 0.15) is 51.7 Å². The van der Waals surface area contributed by atoms with Gasteiger partial charge in [0.05, 0.1) is 5.41 Å². The molecule has 38 heavy (non-hydrogen) atoms. The van der Waals surface area contributed by atoms with Crippen LogP contribution in [0.25, 0.3) is 21.5 Å². The number of hydrogen-bond donors (Lipinski definition) is 0. The highest BCUT2D eigenvalue weighted by Gasteiger charge is 2.51. The van der Waals surface area contributed by atoms with Gasteiger partial charge in [0.25, 0.3) is 0 Å². The molecule has 0 spiro atoms. The van der Waals surface area contributed by atoms with Crippen LogP contribution in [-0.2, 0) is 10.8 Å². The van der Waals surface area contributed by atoms with E-state index in [1.165, 1.54) is 66.6 Å². The van der Waals surface area contributed by atoms with E-state index in [-0.39, 0.29) is 27.8 Å². The standard InChI is InChI=1S/C35H33N2.BrH/c1-34(2)30-26-11-7-5-9-22(26)13-15-28(30)36-19-17-24(32(34)36)21-25-18-20-37-29-16-14-23-10-6-8-12-27(23)31(29)35(3,4)33(25)37;/h5-16,21H,17-20H2,1-4H3;1H/q+1;/p-1. The van der Waals surface area contributed by atoms with Gasteiger partial charge in [-0.1, -0.05) is 68.4 Å². The zero-order valence-corrected chi connectivity index (χ0v) is 24.2. The summed E-state index contributed by atoms with van der Waals surface area (Å²) in [7, 11) is 0. The molecular weight excluding hydrogens is 528 g/mol. The van der Waals surface area contributed by atoms with Gasteiger partial charge in [-0.25, -0.2) is 0 Å². The fourth-order valence-electron chi connectivity index (χ4n) is 8.24. The van der Waals surface area contributed by atoms with E-state index in [4.69, 9.17) is 0 Å². The molecule has 0 N–H and O–H groups in total. The summed E-state index contributed by atoms with van der Waals surface area (Å²) in [5.41, 5.74) is 11.9. The van der Waals surface area contributed by atoms with Crippen LogP contribution in [0, 0.1) is 0 Å². The van der Waals surface area contributed by atoms with Crippen LogP contribution < -0.4 is 21.9 Å². The fraction of sp³-hybridized carbons (Fsp3) is 0.286. The molecule has 0 atom stereocenters. The van der Waals surface area contributed by atoms with E-state index < -0.39 is 0 Å². The highest BCUT2D eigenvalue weighted by molar-refractivity contribution is 6.11. The lowest BCUT2D eigenvalue weighted by atomic mass is 9.75. The average molecular weight is 562 g/mol. The molecule has 0 saturated carbocycles. The van der Waals surface area contributed by atoms with Crippen molar-refractivity contribution in [3.63, 3.8) is 0 Å². The number of benzene rings is 4. The first kappa shape index (κ1) is 23.9. The van der Waals surface area contributed by atoms with Gasteiger partial charge in [-0.3, -0.25) is 0 Å². The van der Waals surface area contributed by atoms with Crippen molar-refractivity contribution < 1.29 is 21.6 Å². The predicted octanol–water partition coefficient (Wildman–Crippen LogP) is 5.16. The van der Waals surface area contributed by atoms with Crippen LogP contribution in [0.15, 0.2) is 95.7 Å². The van der Waals surface area contributed by atoms with Gasteiger partial charge in [0.1, 0.15) is 0 Å². The Morgan fingerprint density at radius 2 is 1.39 bits per heavy atom. The van der Waals surface area contributed by atoms with Gasteiger partial charge in [-0.2, -0.15) is 4.58 Å². The number of halogens is 1. The predicted molar refractivity (Wildman–Crippen MR) is 155 cm³/mol. The maximum atomic E-state index is 2.62. The summed E-state index contributed by atoms with van der Waals surface area (Å²) >= 11 is 0. The van der Waals surface area contributed by atoms with Crippen LogP contribution in [0.3, 0.4) is 0 Å². The van der Waals surface area contributed by atoms with Gasteiger partial charge in [-0.05, 0) is 71.2 Å². The van der Waals surface area contributed by atoms with Gasteiger partial charge in [-0.15, -0.1) is 0 Å². The molecule has 0 bridgehead atoms. The van der Waals surface area contributed by atoms with Crippen LogP contribution in [0.4, 0.5) is 11.4 Å². The van der Waals surface area contributed by atoms with Crippen molar-refractivity contribution in [2.45, 2.75) is 51.4 Å². The lowest BCUT2D eigenvalue weighted by molar-refractivity contribution is -0.428. The highest BCUT2D eigenvalue weighted by atomic mass is 79.9. The van der Waals surface area contributed by atoms with Gasteiger partial charge in [0.15, 0.2) is 12.3 Å². The second-order valence-corrected chi connectivity index (χ2v) is 12.3. The summed E-state index contributed by atoms with van der Waals surface area (Å²) in [4.78, 5) is 2.62. The van der Waals surface area contributed by atoms with Crippen LogP contribution in [0.2, 0.25) is 0 Å². The van der Waals surface area contributed by atoms with Crippen molar-refractivity contribution in [3.8, 4) is 0 Å². The van der Waals surface area contributed by atoms with Gasteiger partial charge >= 0.3 is 0 Å². The zero-order chi connectivity index (χ0) is 25.1. The number of rotatable bonds is 1. The van der Waals surface area contributed by atoms with Crippen molar-refractivity contribution in [1.29, 1.82) is 0 Å². The summed E-state index contributed by atoms with van der Waals surface area (Å²) in [5.74, 6) is 0. The number of nitrogens with zero attached hydrogens (tertiary/aromatic N) is 2. The molecular formula is C35H33BrN2. The number of fused-ring (bicyclic) bond motifs is 9. The molecule has 190 valence electrons. The van der Waals surface area contributed by atoms with E-state index in [2.05, 4.69) is 116 Å². The Balaban J connectivity index is 0.00000242. The van der Waals surface area contributed by atoms with Crippen molar-refractivity contribution in [1.82, 2.24) is 0 Å². The largest absolute Gasteiger partial charge is 1.00 e. The van der Waals surface area contributed by atoms with Crippen LogP contribution in [-0.4, -0.2) is 23.4 Å². The molecule has 4 aromatic rings. The molecule has 4 aromatic carbocycles. The number of anilines is 1. The fourth-order valence-corrected chi connectivity index (χ4v) is 8.24. The molecule has 8 rings (SSSR count). The molecule has 0 aliphatic carbocycles. The van der Waals surface area contributed by atoms with Crippen molar-refractivity contribution in [2.75, 3.05) is 18.0 Å². The van der Waals surface area contributed by atoms with E-state index in [1.807, 2.05) is 0 Å².